The molecule has 28 heavy (non-hydrogen) atoms. The fourth-order valence-electron chi connectivity index (χ4n) is 4.32. The maximum Gasteiger partial charge on any atom is 0.224 e. The SMILES string of the molecule is O=C(NCCCOC1CCCCC1)C1CC=CCC1c1nc2ccccc2s1. The molecule has 0 radical (unpaired) electrons. The molecule has 2 aliphatic carbocycles. The number of amides is 1. The van der Waals surface area contributed by atoms with Crippen LogP contribution in [0.15, 0.2) is 36.4 Å². The standard InChI is InChI=1S/C23H30N2O2S/c26-22(24-15-8-16-27-17-9-2-1-3-10-17)18-11-4-5-12-19(18)23-25-20-13-6-7-14-21(20)28-23/h4-7,13-14,17-19H,1-3,8-12,15-16H2,(H,24,26). The van der Waals surface area contributed by atoms with E-state index in [1.807, 2.05) is 12.1 Å². The van der Waals surface area contributed by atoms with Gasteiger partial charge in [0.2, 0.25) is 5.91 Å². The number of allylic oxidation sites excluding steroid dienone is 2. The molecule has 2 aromatic rings. The number of carbonyl (C=O) groups is 1. The molecule has 0 aliphatic heterocycles. The second-order valence-electron chi connectivity index (χ2n) is 7.95. The van der Waals surface area contributed by atoms with Crippen LogP contribution < -0.4 is 5.32 Å². The number of nitrogens with one attached hydrogen (secondary N) is 1. The van der Waals surface area contributed by atoms with Crippen LogP contribution in [0, 0.1) is 5.92 Å². The van der Waals surface area contributed by atoms with Crippen LogP contribution in [0.2, 0.25) is 0 Å². The lowest BCUT2D eigenvalue weighted by atomic mass is 9.82. The van der Waals surface area contributed by atoms with Gasteiger partial charge in [0, 0.05) is 19.1 Å². The Morgan fingerprint density at radius 2 is 1.96 bits per heavy atom. The van der Waals surface area contributed by atoms with Gasteiger partial charge in [0.25, 0.3) is 0 Å². The molecule has 2 unspecified atom stereocenters. The van der Waals surface area contributed by atoms with E-state index >= 15 is 0 Å². The van der Waals surface area contributed by atoms with Gasteiger partial charge in [-0.2, -0.15) is 0 Å². The number of hydrogen-bond donors (Lipinski definition) is 1. The van der Waals surface area contributed by atoms with Crippen molar-refractivity contribution in [2.45, 2.75) is 63.4 Å². The highest BCUT2D eigenvalue weighted by molar-refractivity contribution is 7.18. The van der Waals surface area contributed by atoms with Crippen LogP contribution in [0.3, 0.4) is 0 Å². The lowest BCUT2D eigenvalue weighted by molar-refractivity contribution is -0.125. The first-order valence-electron chi connectivity index (χ1n) is 10.7. The Morgan fingerprint density at radius 1 is 1.14 bits per heavy atom. The fourth-order valence-corrected chi connectivity index (χ4v) is 5.47. The molecule has 1 N–H and O–H groups in total. The first kappa shape index (κ1) is 19.6. The van der Waals surface area contributed by atoms with Crippen molar-refractivity contribution in [2.75, 3.05) is 13.2 Å². The minimum absolute atomic E-state index is 0.0233. The summed E-state index contributed by atoms with van der Waals surface area (Å²) in [5.74, 6) is 0.317. The fraction of sp³-hybridized carbons (Fsp3) is 0.565. The second kappa shape index (κ2) is 9.66. The Hall–Kier alpha value is -1.72. The summed E-state index contributed by atoms with van der Waals surface area (Å²) >= 11 is 1.73. The zero-order valence-corrected chi connectivity index (χ0v) is 17.3. The molecule has 1 saturated carbocycles. The maximum atomic E-state index is 12.9. The predicted molar refractivity (Wildman–Crippen MR) is 115 cm³/mol. The minimum atomic E-state index is -0.0233. The lowest BCUT2D eigenvalue weighted by Gasteiger charge is -2.26. The van der Waals surface area contributed by atoms with Gasteiger partial charge in [0.05, 0.1) is 27.2 Å². The molecule has 4 rings (SSSR count). The molecule has 0 saturated heterocycles. The number of hydrogen-bond acceptors (Lipinski definition) is 4. The van der Waals surface area contributed by atoms with Crippen LogP contribution in [-0.2, 0) is 9.53 Å². The van der Waals surface area contributed by atoms with Crippen molar-refractivity contribution >= 4 is 27.5 Å². The largest absolute Gasteiger partial charge is 0.378 e. The summed E-state index contributed by atoms with van der Waals surface area (Å²) in [6.07, 6.45) is 13.7. The topological polar surface area (TPSA) is 51.2 Å². The van der Waals surface area contributed by atoms with Gasteiger partial charge in [-0.15, -0.1) is 11.3 Å². The van der Waals surface area contributed by atoms with Gasteiger partial charge in [-0.05, 0) is 44.2 Å². The molecule has 1 fully saturated rings. The molecule has 0 bridgehead atoms. The van der Waals surface area contributed by atoms with Crippen molar-refractivity contribution in [1.82, 2.24) is 10.3 Å². The molecule has 4 nitrogen and oxygen atoms in total. The zero-order valence-electron chi connectivity index (χ0n) is 16.4. The zero-order chi connectivity index (χ0) is 19.2. The molecule has 2 atom stereocenters. The molecular formula is C23H30N2O2S. The van der Waals surface area contributed by atoms with Crippen molar-refractivity contribution in [3.63, 3.8) is 0 Å². The van der Waals surface area contributed by atoms with Crippen LogP contribution in [0.25, 0.3) is 10.2 Å². The number of nitrogens with zero attached hydrogens (tertiary/aromatic N) is 1. The van der Waals surface area contributed by atoms with Gasteiger partial charge in [-0.1, -0.05) is 43.5 Å². The summed E-state index contributed by atoms with van der Waals surface area (Å²) < 4.78 is 7.16. The summed E-state index contributed by atoms with van der Waals surface area (Å²) in [6.45, 7) is 1.44. The molecule has 5 heteroatoms. The molecule has 2 aliphatic rings. The average molecular weight is 399 g/mol. The van der Waals surface area contributed by atoms with E-state index in [0.29, 0.717) is 12.6 Å². The maximum absolute atomic E-state index is 12.9. The third kappa shape index (κ3) is 4.81. The highest BCUT2D eigenvalue weighted by atomic mass is 32.1. The molecule has 0 spiro atoms. The van der Waals surface area contributed by atoms with E-state index in [4.69, 9.17) is 9.72 Å². The van der Waals surface area contributed by atoms with Crippen molar-refractivity contribution in [1.29, 1.82) is 0 Å². The first-order valence-corrected chi connectivity index (χ1v) is 11.5. The number of fused-ring (bicyclic) bond motifs is 1. The number of aromatic nitrogens is 1. The van der Waals surface area contributed by atoms with E-state index in [-0.39, 0.29) is 17.7 Å². The molecule has 1 heterocycles. The lowest BCUT2D eigenvalue weighted by Crippen LogP contribution is -2.36. The number of para-hydroxylation sites is 1. The Morgan fingerprint density at radius 3 is 2.82 bits per heavy atom. The number of rotatable bonds is 7. The monoisotopic (exact) mass is 398 g/mol. The van der Waals surface area contributed by atoms with Crippen molar-refractivity contribution in [2.24, 2.45) is 5.92 Å². The van der Waals surface area contributed by atoms with Crippen LogP contribution in [-0.4, -0.2) is 30.1 Å². The Labute approximate surface area is 171 Å². The normalized spacial score (nSPS) is 23.1. The highest BCUT2D eigenvalue weighted by Crippen LogP contribution is 2.38. The van der Waals surface area contributed by atoms with E-state index < -0.39 is 0 Å². The summed E-state index contributed by atoms with van der Waals surface area (Å²) in [5, 5.41) is 4.24. The van der Waals surface area contributed by atoms with E-state index in [1.165, 1.54) is 36.8 Å². The van der Waals surface area contributed by atoms with Gasteiger partial charge >= 0.3 is 0 Å². The van der Waals surface area contributed by atoms with E-state index in [2.05, 4.69) is 29.6 Å². The summed E-state index contributed by atoms with van der Waals surface area (Å²) in [5.41, 5.74) is 1.04. The van der Waals surface area contributed by atoms with E-state index in [1.54, 1.807) is 11.3 Å². The predicted octanol–water partition coefficient (Wildman–Crippen LogP) is 5.20. The highest BCUT2D eigenvalue weighted by Gasteiger charge is 2.32. The second-order valence-corrected chi connectivity index (χ2v) is 9.01. The molecule has 1 aromatic carbocycles. The molecule has 150 valence electrons. The number of ether oxygens (including phenoxy) is 1. The molecular weight excluding hydrogens is 368 g/mol. The summed E-state index contributed by atoms with van der Waals surface area (Å²) in [4.78, 5) is 17.7. The van der Waals surface area contributed by atoms with Crippen LogP contribution in [0.1, 0.15) is 62.3 Å². The smallest absolute Gasteiger partial charge is 0.224 e. The van der Waals surface area contributed by atoms with Crippen LogP contribution >= 0.6 is 11.3 Å². The van der Waals surface area contributed by atoms with Crippen LogP contribution in [0.5, 0.6) is 0 Å². The van der Waals surface area contributed by atoms with Gasteiger partial charge < -0.3 is 10.1 Å². The Bertz CT molecular complexity index is 777. The number of thiazole rings is 1. The van der Waals surface area contributed by atoms with Crippen molar-refractivity contribution in [3.05, 3.63) is 41.4 Å². The van der Waals surface area contributed by atoms with Crippen LogP contribution in [0.4, 0.5) is 0 Å². The minimum Gasteiger partial charge on any atom is -0.378 e. The quantitative estimate of drug-likeness (QED) is 0.515. The van der Waals surface area contributed by atoms with Gasteiger partial charge in [0.15, 0.2) is 0 Å². The van der Waals surface area contributed by atoms with Crippen molar-refractivity contribution < 1.29 is 9.53 Å². The van der Waals surface area contributed by atoms with E-state index in [9.17, 15) is 4.79 Å². The molecule has 1 aromatic heterocycles. The van der Waals surface area contributed by atoms with E-state index in [0.717, 1.165) is 36.4 Å². The van der Waals surface area contributed by atoms with Gasteiger partial charge in [0.1, 0.15) is 0 Å². The Balaban J connectivity index is 1.28. The summed E-state index contributed by atoms with van der Waals surface area (Å²) in [7, 11) is 0. The van der Waals surface area contributed by atoms with Crippen molar-refractivity contribution in [3.8, 4) is 0 Å². The van der Waals surface area contributed by atoms with Gasteiger partial charge in [-0.3, -0.25) is 4.79 Å². The third-order valence-electron chi connectivity index (χ3n) is 5.92. The summed E-state index contributed by atoms with van der Waals surface area (Å²) in [6, 6.07) is 8.22. The molecule has 1 amide bonds. The van der Waals surface area contributed by atoms with Gasteiger partial charge in [-0.25, -0.2) is 4.98 Å². The third-order valence-corrected chi connectivity index (χ3v) is 7.09. The Kier molecular flexibility index (Phi) is 6.76. The average Bonchev–Trinajstić information content (AvgIpc) is 3.18. The first-order chi connectivity index (χ1) is 13.8. The number of benzene rings is 1. The number of carbonyl (C=O) groups excluding carboxylic acids is 1.